The van der Waals surface area contributed by atoms with Crippen LogP contribution in [0, 0.1) is 0 Å². The molecule has 1 rings (SSSR count). The quantitative estimate of drug-likeness (QED) is 0.256. The van der Waals surface area contributed by atoms with Crippen LogP contribution in [-0.4, -0.2) is 29.8 Å². The van der Waals surface area contributed by atoms with Crippen LogP contribution in [0.25, 0.3) is 0 Å². The number of aromatic nitrogens is 1. The molecule has 8 heteroatoms. The molecule has 0 saturated heterocycles. The van der Waals surface area contributed by atoms with Crippen molar-refractivity contribution in [2.24, 2.45) is 5.84 Å². The third kappa shape index (κ3) is 4.48. The van der Waals surface area contributed by atoms with Gasteiger partial charge in [-0.2, -0.15) is 12.6 Å². The summed E-state index contributed by atoms with van der Waals surface area (Å²) in [5.41, 5.74) is 0. The van der Waals surface area contributed by atoms with E-state index >= 15 is 0 Å². The minimum Gasteiger partial charge on any atom is -0.401 e. The third-order valence-electron chi connectivity index (χ3n) is 3.41. The third-order valence-corrected chi connectivity index (χ3v) is 3.63. The molecule has 0 aliphatic heterocycles. The van der Waals surface area contributed by atoms with Gasteiger partial charge in [-0.25, -0.2) is 0 Å². The summed E-state index contributed by atoms with van der Waals surface area (Å²) >= 11 is 4.63. The largest absolute Gasteiger partial charge is 0.401 e. The van der Waals surface area contributed by atoms with Gasteiger partial charge in [-0.05, 0) is 38.9 Å². The molecule has 0 bridgehead atoms. The van der Waals surface area contributed by atoms with Gasteiger partial charge in [0.25, 0.3) is 0 Å². The van der Waals surface area contributed by atoms with Crippen molar-refractivity contribution in [3.8, 4) is 0 Å². The molecular weight excluding hydrogens is 268 g/mol. The Morgan fingerprint density at radius 2 is 2.05 bits per heavy atom. The van der Waals surface area contributed by atoms with Gasteiger partial charge >= 0.3 is 14.0 Å². The molecule has 20 heavy (non-hydrogen) atoms. The molecule has 0 spiro atoms. The fourth-order valence-corrected chi connectivity index (χ4v) is 2.52. The van der Waals surface area contributed by atoms with Gasteiger partial charge in [-0.1, -0.05) is 20.6 Å². The lowest BCUT2D eigenvalue weighted by molar-refractivity contribution is 0.551. The van der Waals surface area contributed by atoms with Crippen molar-refractivity contribution in [2.75, 3.05) is 11.8 Å². The van der Waals surface area contributed by atoms with Crippen molar-refractivity contribution in [2.45, 2.75) is 45.7 Å². The Morgan fingerprint density at radius 3 is 2.55 bits per heavy atom. The van der Waals surface area contributed by atoms with E-state index in [9.17, 15) is 0 Å². The van der Waals surface area contributed by atoms with Crippen LogP contribution in [0.5, 0.6) is 0 Å². The van der Waals surface area contributed by atoms with Crippen LogP contribution in [0.1, 0.15) is 27.2 Å². The van der Waals surface area contributed by atoms with Crippen LogP contribution in [0.3, 0.4) is 0 Å². The summed E-state index contributed by atoms with van der Waals surface area (Å²) in [5.74, 6) is 6.63. The minimum absolute atomic E-state index is 0.116. The van der Waals surface area contributed by atoms with Crippen molar-refractivity contribution >= 4 is 32.4 Å². The second kappa shape index (κ2) is 7.45. The Bertz CT molecular complexity index is 407. The molecule has 0 fully saturated rings. The monoisotopic (exact) mass is 295 g/mol. The fourth-order valence-electron chi connectivity index (χ4n) is 2.35. The first-order valence-electron chi connectivity index (χ1n) is 7.19. The molecule has 112 valence electrons. The highest BCUT2D eigenvalue weighted by Crippen LogP contribution is 2.25. The summed E-state index contributed by atoms with van der Waals surface area (Å²) in [6.45, 7) is 11.8. The van der Waals surface area contributed by atoms with Crippen LogP contribution in [0.15, 0.2) is 18.3 Å². The molecule has 0 amide bonds. The summed E-state index contributed by atoms with van der Waals surface area (Å²) in [6.07, 6.45) is 3.12. The predicted octanol–water partition coefficient (Wildman–Crippen LogP) is 1.93. The summed E-state index contributed by atoms with van der Waals surface area (Å²) in [5, 5.41) is 6.36. The van der Waals surface area contributed by atoms with Crippen LogP contribution >= 0.6 is 12.6 Å². The van der Waals surface area contributed by atoms with Gasteiger partial charge in [0.2, 0.25) is 0 Å². The first kappa shape index (κ1) is 17.5. The molecule has 0 atom stereocenters. The number of nitrogens with zero attached hydrogens (tertiary/aromatic N) is 2. The van der Waals surface area contributed by atoms with Crippen molar-refractivity contribution in [1.29, 1.82) is 0 Å². The van der Waals surface area contributed by atoms with Crippen LogP contribution in [0.4, 0.5) is 5.82 Å². The van der Waals surface area contributed by atoms with Gasteiger partial charge < -0.3 is 14.5 Å². The Balaban J connectivity index is 2.83. The van der Waals surface area contributed by atoms with E-state index < -0.39 is 0 Å². The standard InChI is InChI=1S/C12H27B2N5S/c1-6-9-19(14(5)17-15)13(4)16-11-8-7-10-18(11)12(2,3)20/h7-8,10,16-17,20H,6,9,15H2,1-5H3. The van der Waals surface area contributed by atoms with E-state index in [4.69, 9.17) is 5.84 Å². The van der Waals surface area contributed by atoms with Crippen molar-refractivity contribution < 1.29 is 0 Å². The smallest absolute Gasteiger partial charge is 0.327 e. The summed E-state index contributed by atoms with van der Waals surface area (Å²) in [6, 6.07) is 4.10. The van der Waals surface area contributed by atoms with Crippen molar-refractivity contribution in [1.82, 2.24) is 14.6 Å². The van der Waals surface area contributed by atoms with Gasteiger partial charge in [-0.3, -0.25) is 11.2 Å². The summed E-state index contributed by atoms with van der Waals surface area (Å²) in [7, 11) is 0. The normalized spacial score (nSPS) is 11.8. The Morgan fingerprint density at radius 1 is 1.40 bits per heavy atom. The molecule has 0 unspecified atom stereocenters. The molecule has 0 aliphatic carbocycles. The zero-order valence-corrected chi connectivity index (χ0v) is 14.1. The van der Waals surface area contributed by atoms with E-state index in [-0.39, 0.29) is 18.8 Å². The first-order valence-corrected chi connectivity index (χ1v) is 7.64. The molecular formula is C12H27B2N5S. The molecule has 0 saturated carbocycles. The maximum absolute atomic E-state index is 5.58. The van der Waals surface area contributed by atoms with Gasteiger partial charge in [-0.15, -0.1) is 0 Å². The minimum atomic E-state index is -0.237. The van der Waals surface area contributed by atoms with E-state index in [1.165, 1.54) is 0 Å². The van der Waals surface area contributed by atoms with E-state index in [0.717, 1.165) is 18.8 Å². The SMILES string of the molecule is CCCN(B(C)NN)B(C)Nc1cccn1C(C)(C)S. The molecule has 4 N–H and O–H groups in total. The molecule has 0 aromatic carbocycles. The maximum Gasteiger partial charge on any atom is 0.327 e. The number of anilines is 1. The van der Waals surface area contributed by atoms with Crippen molar-refractivity contribution in [3.05, 3.63) is 18.3 Å². The van der Waals surface area contributed by atoms with E-state index in [0.29, 0.717) is 0 Å². The number of thiol groups is 1. The first-order chi connectivity index (χ1) is 9.31. The molecule has 0 aliphatic rings. The molecule has 0 radical (unpaired) electrons. The molecule has 1 heterocycles. The number of hydrazine groups is 1. The zero-order chi connectivity index (χ0) is 15.3. The second-order valence-electron chi connectivity index (χ2n) is 5.66. The Kier molecular flexibility index (Phi) is 6.51. The van der Waals surface area contributed by atoms with Crippen LogP contribution < -0.4 is 16.4 Å². The van der Waals surface area contributed by atoms with Gasteiger partial charge in [0.05, 0.1) is 10.7 Å². The average molecular weight is 295 g/mol. The van der Waals surface area contributed by atoms with Crippen LogP contribution in [-0.2, 0) is 4.87 Å². The van der Waals surface area contributed by atoms with Gasteiger partial charge in [0.1, 0.15) is 0 Å². The number of nitrogens with two attached hydrogens (primary N) is 1. The number of rotatable bonds is 8. The zero-order valence-electron chi connectivity index (χ0n) is 13.2. The lowest BCUT2D eigenvalue weighted by atomic mass is 9.62. The average Bonchev–Trinajstić information content (AvgIpc) is 2.82. The number of nitrogens with one attached hydrogen (secondary N) is 2. The highest BCUT2D eigenvalue weighted by molar-refractivity contribution is 7.81. The second-order valence-corrected chi connectivity index (χ2v) is 6.75. The van der Waals surface area contributed by atoms with E-state index in [1.54, 1.807) is 0 Å². The number of hydrogen-bond acceptors (Lipinski definition) is 5. The maximum atomic E-state index is 5.58. The lowest BCUT2D eigenvalue weighted by Gasteiger charge is -2.32. The van der Waals surface area contributed by atoms with E-state index in [1.807, 2.05) is 12.3 Å². The Labute approximate surface area is 129 Å². The van der Waals surface area contributed by atoms with Crippen LogP contribution in [0.2, 0.25) is 13.6 Å². The fraction of sp³-hybridized carbons (Fsp3) is 0.667. The highest BCUT2D eigenvalue weighted by atomic mass is 32.1. The topological polar surface area (TPSA) is 58.2 Å². The summed E-state index contributed by atoms with van der Waals surface area (Å²) in [4.78, 5) is -0.237. The van der Waals surface area contributed by atoms with Crippen molar-refractivity contribution in [3.63, 3.8) is 0 Å². The van der Waals surface area contributed by atoms with Gasteiger partial charge in [0, 0.05) is 6.20 Å². The highest BCUT2D eigenvalue weighted by Gasteiger charge is 2.27. The predicted molar refractivity (Wildman–Crippen MR) is 93.9 cm³/mol. The molecule has 5 nitrogen and oxygen atoms in total. The number of hydrogen-bond donors (Lipinski definition) is 4. The lowest BCUT2D eigenvalue weighted by Crippen LogP contribution is -2.59. The summed E-state index contributed by atoms with van der Waals surface area (Å²) < 4.78 is 4.42. The molecule has 1 aromatic heterocycles. The van der Waals surface area contributed by atoms with E-state index in [2.05, 4.69) is 73.0 Å². The molecule has 1 aromatic rings. The van der Waals surface area contributed by atoms with Gasteiger partial charge in [0.15, 0.2) is 0 Å². The Hall–Kier alpha value is -0.560.